The molecule has 5 heteroatoms. The first-order valence-electron chi connectivity index (χ1n) is 7.00. The van der Waals surface area contributed by atoms with Crippen molar-refractivity contribution in [2.24, 2.45) is 0 Å². The van der Waals surface area contributed by atoms with Crippen molar-refractivity contribution in [1.82, 2.24) is 10.2 Å². The molecular weight excluding hydrogens is 300 g/mol. The molecule has 0 bridgehead atoms. The SMILES string of the molecule is ClCc1nnc(-c2ccc(OCCc3ccccc3)cc2)o1. The molecule has 0 aliphatic rings. The fraction of sp³-hybridized carbons (Fsp3) is 0.176. The molecule has 1 heterocycles. The van der Waals surface area contributed by atoms with E-state index >= 15 is 0 Å². The molecule has 3 aromatic rings. The highest BCUT2D eigenvalue weighted by molar-refractivity contribution is 6.16. The first-order chi connectivity index (χ1) is 10.8. The molecule has 0 saturated heterocycles. The number of halogens is 1. The van der Waals surface area contributed by atoms with Gasteiger partial charge in [-0.2, -0.15) is 0 Å². The summed E-state index contributed by atoms with van der Waals surface area (Å²) >= 11 is 5.64. The second-order valence-corrected chi connectivity index (χ2v) is 5.01. The van der Waals surface area contributed by atoms with Crippen molar-refractivity contribution in [3.63, 3.8) is 0 Å². The normalized spacial score (nSPS) is 10.6. The van der Waals surface area contributed by atoms with Gasteiger partial charge in [0.25, 0.3) is 0 Å². The highest BCUT2D eigenvalue weighted by Crippen LogP contribution is 2.21. The molecule has 1 aromatic heterocycles. The van der Waals surface area contributed by atoms with Crippen molar-refractivity contribution < 1.29 is 9.15 Å². The van der Waals surface area contributed by atoms with E-state index in [2.05, 4.69) is 22.3 Å². The summed E-state index contributed by atoms with van der Waals surface area (Å²) in [4.78, 5) is 0. The number of aromatic nitrogens is 2. The molecule has 0 amide bonds. The number of ether oxygens (including phenoxy) is 1. The number of nitrogens with zero attached hydrogens (tertiary/aromatic N) is 2. The maximum atomic E-state index is 5.74. The van der Waals surface area contributed by atoms with Gasteiger partial charge in [0.15, 0.2) is 0 Å². The molecule has 0 N–H and O–H groups in total. The summed E-state index contributed by atoms with van der Waals surface area (Å²) in [5.74, 6) is 1.91. The van der Waals surface area contributed by atoms with Crippen LogP contribution in [0.5, 0.6) is 5.75 Å². The van der Waals surface area contributed by atoms with E-state index in [9.17, 15) is 0 Å². The summed E-state index contributed by atoms with van der Waals surface area (Å²) in [5, 5.41) is 7.78. The van der Waals surface area contributed by atoms with Crippen molar-refractivity contribution in [3.05, 3.63) is 66.1 Å². The minimum Gasteiger partial charge on any atom is -0.493 e. The summed E-state index contributed by atoms with van der Waals surface area (Å²) in [7, 11) is 0. The molecule has 22 heavy (non-hydrogen) atoms. The predicted octanol–water partition coefficient (Wildman–Crippen LogP) is 4.10. The Morgan fingerprint density at radius 1 is 0.955 bits per heavy atom. The second-order valence-electron chi connectivity index (χ2n) is 4.74. The largest absolute Gasteiger partial charge is 0.493 e. The molecule has 0 atom stereocenters. The Balaban J connectivity index is 1.57. The van der Waals surface area contributed by atoms with Crippen molar-refractivity contribution in [1.29, 1.82) is 0 Å². The van der Waals surface area contributed by atoms with Crippen LogP contribution in [0, 0.1) is 0 Å². The first kappa shape index (κ1) is 14.6. The Kier molecular flexibility index (Phi) is 4.71. The highest BCUT2D eigenvalue weighted by Gasteiger charge is 2.07. The maximum absolute atomic E-state index is 5.74. The standard InChI is InChI=1S/C17H15ClN2O2/c18-12-16-19-20-17(22-16)14-6-8-15(9-7-14)21-11-10-13-4-2-1-3-5-13/h1-9H,10-12H2. The van der Waals surface area contributed by atoms with Crippen LogP contribution in [0.2, 0.25) is 0 Å². The van der Waals surface area contributed by atoms with Gasteiger partial charge < -0.3 is 9.15 Å². The third-order valence-corrected chi connectivity index (χ3v) is 3.41. The van der Waals surface area contributed by atoms with Crippen LogP contribution in [0.3, 0.4) is 0 Å². The Bertz CT molecular complexity index is 711. The lowest BCUT2D eigenvalue weighted by molar-refractivity contribution is 0.322. The van der Waals surface area contributed by atoms with Gasteiger partial charge in [-0.1, -0.05) is 30.3 Å². The van der Waals surface area contributed by atoms with E-state index in [0.29, 0.717) is 18.4 Å². The molecule has 0 unspecified atom stereocenters. The molecule has 4 nitrogen and oxygen atoms in total. The third-order valence-electron chi connectivity index (χ3n) is 3.18. The summed E-state index contributed by atoms with van der Waals surface area (Å²) in [6, 6.07) is 17.8. The summed E-state index contributed by atoms with van der Waals surface area (Å²) in [6.07, 6.45) is 0.880. The van der Waals surface area contributed by atoms with Gasteiger partial charge in [-0.25, -0.2) is 0 Å². The highest BCUT2D eigenvalue weighted by atomic mass is 35.5. The smallest absolute Gasteiger partial charge is 0.247 e. The number of benzene rings is 2. The monoisotopic (exact) mass is 314 g/mol. The van der Waals surface area contributed by atoms with Crippen LogP contribution < -0.4 is 4.74 Å². The van der Waals surface area contributed by atoms with E-state index in [-0.39, 0.29) is 5.88 Å². The topological polar surface area (TPSA) is 48.2 Å². The Morgan fingerprint density at radius 3 is 2.41 bits per heavy atom. The van der Waals surface area contributed by atoms with Crippen molar-refractivity contribution in [2.75, 3.05) is 6.61 Å². The van der Waals surface area contributed by atoms with E-state index in [4.69, 9.17) is 20.8 Å². The number of rotatable bonds is 6. The van der Waals surface area contributed by atoms with Crippen molar-refractivity contribution in [2.45, 2.75) is 12.3 Å². The van der Waals surface area contributed by atoms with Gasteiger partial charge in [0, 0.05) is 12.0 Å². The summed E-state index contributed by atoms with van der Waals surface area (Å²) in [5.41, 5.74) is 2.11. The van der Waals surface area contributed by atoms with Crippen LogP contribution in [0.4, 0.5) is 0 Å². The quantitative estimate of drug-likeness (QED) is 0.643. The van der Waals surface area contributed by atoms with E-state index < -0.39 is 0 Å². The zero-order valence-corrected chi connectivity index (χ0v) is 12.7. The van der Waals surface area contributed by atoms with E-state index in [0.717, 1.165) is 17.7 Å². The molecule has 112 valence electrons. The van der Waals surface area contributed by atoms with Gasteiger partial charge >= 0.3 is 0 Å². The van der Waals surface area contributed by atoms with Crippen LogP contribution in [-0.4, -0.2) is 16.8 Å². The van der Waals surface area contributed by atoms with Gasteiger partial charge in [-0.15, -0.1) is 21.8 Å². The molecule has 2 aromatic carbocycles. The lowest BCUT2D eigenvalue weighted by Gasteiger charge is -2.06. The fourth-order valence-corrected chi connectivity index (χ4v) is 2.16. The number of alkyl halides is 1. The zero-order valence-electron chi connectivity index (χ0n) is 11.9. The average molecular weight is 315 g/mol. The van der Waals surface area contributed by atoms with Gasteiger partial charge in [-0.05, 0) is 29.8 Å². The molecule has 0 fully saturated rings. The van der Waals surface area contributed by atoms with Crippen LogP contribution in [0.1, 0.15) is 11.5 Å². The maximum Gasteiger partial charge on any atom is 0.247 e. The minimum absolute atomic E-state index is 0.216. The van der Waals surface area contributed by atoms with E-state index in [1.165, 1.54) is 5.56 Å². The van der Waals surface area contributed by atoms with E-state index in [1.807, 2.05) is 42.5 Å². The molecule has 0 saturated carbocycles. The molecule has 0 aliphatic carbocycles. The molecule has 3 rings (SSSR count). The van der Waals surface area contributed by atoms with E-state index in [1.54, 1.807) is 0 Å². The van der Waals surface area contributed by atoms with Gasteiger partial charge in [-0.3, -0.25) is 0 Å². The Labute approximate surface area is 133 Å². The van der Waals surface area contributed by atoms with Crippen LogP contribution in [-0.2, 0) is 12.3 Å². The fourth-order valence-electron chi connectivity index (χ4n) is 2.05. The summed E-state index contributed by atoms with van der Waals surface area (Å²) in [6.45, 7) is 0.639. The van der Waals surface area contributed by atoms with Crippen molar-refractivity contribution in [3.8, 4) is 17.2 Å². The molecule has 0 spiro atoms. The Morgan fingerprint density at radius 2 is 1.73 bits per heavy atom. The number of hydrogen-bond donors (Lipinski definition) is 0. The lowest BCUT2D eigenvalue weighted by atomic mass is 10.2. The lowest BCUT2D eigenvalue weighted by Crippen LogP contribution is -2.00. The first-order valence-corrected chi connectivity index (χ1v) is 7.54. The van der Waals surface area contributed by atoms with Crippen molar-refractivity contribution >= 4 is 11.6 Å². The minimum atomic E-state index is 0.216. The van der Waals surface area contributed by atoms with Crippen LogP contribution in [0.25, 0.3) is 11.5 Å². The van der Waals surface area contributed by atoms with Gasteiger partial charge in [0.1, 0.15) is 11.6 Å². The average Bonchev–Trinajstić information content (AvgIpc) is 3.06. The van der Waals surface area contributed by atoms with Gasteiger partial charge in [0.05, 0.1) is 6.61 Å². The van der Waals surface area contributed by atoms with Crippen LogP contribution in [0.15, 0.2) is 59.0 Å². The zero-order chi connectivity index (χ0) is 15.2. The third kappa shape index (κ3) is 3.65. The second kappa shape index (κ2) is 7.09. The molecular formula is C17H15ClN2O2. The summed E-state index contributed by atoms with van der Waals surface area (Å²) < 4.78 is 11.1. The molecule has 0 aliphatic heterocycles. The van der Waals surface area contributed by atoms with Crippen LogP contribution >= 0.6 is 11.6 Å². The van der Waals surface area contributed by atoms with Gasteiger partial charge in [0.2, 0.25) is 11.8 Å². The predicted molar refractivity (Wildman–Crippen MR) is 84.9 cm³/mol. The molecule has 0 radical (unpaired) electrons. The Hall–Kier alpha value is -2.33. The number of hydrogen-bond acceptors (Lipinski definition) is 4.